The van der Waals surface area contributed by atoms with Gasteiger partial charge in [-0.05, 0) is 80.3 Å². The summed E-state index contributed by atoms with van der Waals surface area (Å²) in [6.07, 6.45) is 6.33. The number of nitrogens with one attached hydrogen (secondary N) is 2. The Bertz CT molecular complexity index is 1810. The number of nitrogen functional groups attached to an aromatic ring is 1. The second kappa shape index (κ2) is 14.4. The average molecular weight is 646 g/mol. The molecule has 0 unspecified atom stereocenters. The molecular weight excluding hydrogens is 602 g/mol. The van der Waals surface area contributed by atoms with E-state index in [2.05, 4.69) is 37.1 Å². The molecule has 4 N–H and O–H groups in total. The van der Waals surface area contributed by atoms with E-state index in [-0.39, 0.29) is 6.03 Å². The number of ether oxygens (including phenoxy) is 1. The number of hydrogen-bond donors (Lipinski definition) is 3. The summed E-state index contributed by atoms with van der Waals surface area (Å²) in [5, 5.41) is 11.3. The van der Waals surface area contributed by atoms with Gasteiger partial charge in [0.15, 0.2) is 11.5 Å². The van der Waals surface area contributed by atoms with Gasteiger partial charge in [-0.3, -0.25) is 4.90 Å². The molecule has 0 radical (unpaired) electrons. The summed E-state index contributed by atoms with van der Waals surface area (Å²) >= 11 is 0. The summed E-state index contributed by atoms with van der Waals surface area (Å²) in [5.74, 6) is 2.41. The van der Waals surface area contributed by atoms with E-state index >= 15 is 0 Å². The van der Waals surface area contributed by atoms with Crippen LogP contribution < -0.4 is 21.1 Å². The van der Waals surface area contributed by atoms with Crippen LogP contribution in [-0.4, -0.2) is 74.8 Å². The molecule has 2 amide bonds. The smallest absolute Gasteiger partial charge is 0.315 e. The molecule has 0 spiro atoms. The molecule has 1 aliphatic carbocycles. The van der Waals surface area contributed by atoms with E-state index in [1.165, 1.54) is 12.8 Å². The van der Waals surface area contributed by atoms with Gasteiger partial charge in [-0.15, -0.1) is 0 Å². The van der Waals surface area contributed by atoms with Gasteiger partial charge in [-0.25, -0.2) is 19.4 Å². The van der Waals surface area contributed by atoms with E-state index < -0.39 is 0 Å². The van der Waals surface area contributed by atoms with Crippen LogP contribution in [0.3, 0.4) is 0 Å². The summed E-state index contributed by atoms with van der Waals surface area (Å²) in [7, 11) is 2.21. The second-order valence-electron chi connectivity index (χ2n) is 12.9. The zero-order valence-electron chi connectivity index (χ0n) is 27.4. The van der Waals surface area contributed by atoms with Gasteiger partial charge in [0.1, 0.15) is 17.3 Å². The first-order chi connectivity index (χ1) is 23.5. The number of benzene rings is 3. The van der Waals surface area contributed by atoms with Gasteiger partial charge in [0.2, 0.25) is 0 Å². The minimum Gasteiger partial charge on any atom is -0.457 e. The zero-order chi connectivity index (χ0) is 32.9. The molecule has 0 bridgehead atoms. The normalized spacial score (nSPS) is 18.9. The van der Waals surface area contributed by atoms with Crippen molar-refractivity contribution in [3.05, 3.63) is 96.2 Å². The van der Waals surface area contributed by atoms with Gasteiger partial charge in [0.25, 0.3) is 0 Å². The first kappa shape index (κ1) is 31.6. The largest absolute Gasteiger partial charge is 0.457 e. The predicted molar refractivity (Wildman–Crippen MR) is 188 cm³/mol. The third kappa shape index (κ3) is 7.42. The number of fused-ring (bicyclic) bond motifs is 1. The fraction of sp³-hybridized carbons (Fsp3) is 0.351. The number of anilines is 1. The quantitative estimate of drug-likeness (QED) is 0.189. The Kier molecular flexibility index (Phi) is 9.48. The van der Waals surface area contributed by atoms with Crippen molar-refractivity contribution in [2.24, 2.45) is 0 Å². The SMILES string of the molecule is CN1CCN(C2CCC(n3ncc4c(N)nc(-c5ccc(Oc6ccc(CNC(=O)NCc7ccccc7)cc6)cc5)nc43)CC2)CC1. The molecule has 7 rings (SSSR count). The number of likely N-dealkylation sites (N-methyl/N-ethyl adjacent to an activating group) is 1. The van der Waals surface area contributed by atoms with Crippen molar-refractivity contribution in [2.45, 2.75) is 50.9 Å². The first-order valence-electron chi connectivity index (χ1n) is 16.8. The number of urea groups is 1. The van der Waals surface area contributed by atoms with Crippen LogP contribution in [0.4, 0.5) is 10.6 Å². The molecule has 48 heavy (non-hydrogen) atoms. The monoisotopic (exact) mass is 645 g/mol. The summed E-state index contributed by atoms with van der Waals surface area (Å²) in [6.45, 7) is 5.53. The van der Waals surface area contributed by atoms with Gasteiger partial charge in [-0.2, -0.15) is 5.10 Å². The van der Waals surface area contributed by atoms with Crippen molar-refractivity contribution in [3.8, 4) is 22.9 Å². The highest BCUT2D eigenvalue weighted by atomic mass is 16.5. The van der Waals surface area contributed by atoms with Crippen LogP contribution in [0.2, 0.25) is 0 Å². The number of carbonyl (C=O) groups is 1. The number of rotatable bonds is 9. The molecule has 5 aromatic rings. The van der Waals surface area contributed by atoms with Crippen molar-refractivity contribution < 1.29 is 9.53 Å². The molecule has 1 saturated carbocycles. The Morgan fingerprint density at radius 2 is 1.40 bits per heavy atom. The van der Waals surface area contributed by atoms with Gasteiger partial charge in [-0.1, -0.05) is 42.5 Å². The lowest BCUT2D eigenvalue weighted by Crippen LogP contribution is -2.49. The minimum atomic E-state index is -0.211. The maximum absolute atomic E-state index is 12.2. The van der Waals surface area contributed by atoms with E-state index in [1.807, 2.05) is 78.9 Å². The molecule has 1 aliphatic heterocycles. The van der Waals surface area contributed by atoms with E-state index in [9.17, 15) is 4.79 Å². The molecule has 2 fully saturated rings. The number of amides is 2. The molecule has 2 aliphatic rings. The highest BCUT2D eigenvalue weighted by Crippen LogP contribution is 2.34. The van der Waals surface area contributed by atoms with Crippen LogP contribution in [0.25, 0.3) is 22.4 Å². The van der Waals surface area contributed by atoms with Gasteiger partial charge >= 0.3 is 6.03 Å². The maximum atomic E-state index is 12.2. The van der Waals surface area contributed by atoms with Gasteiger partial charge in [0.05, 0.1) is 17.6 Å². The van der Waals surface area contributed by atoms with Crippen molar-refractivity contribution in [1.82, 2.24) is 40.2 Å². The Hall–Kier alpha value is -5.00. The molecule has 3 aromatic carbocycles. The van der Waals surface area contributed by atoms with Gasteiger partial charge < -0.3 is 26.0 Å². The number of nitrogens with zero attached hydrogens (tertiary/aromatic N) is 6. The van der Waals surface area contributed by atoms with Crippen LogP contribution in [0.15, 0.2) is 85.1 Å². The van der Waals surface area contributed by atoms with Crippen LogP contribution >= 0.6 is 0 Å². The van der Waals surface area contributed by atoms with Crippen molar-refractivity contribution in [2.75, 3.05) is 39.0 Å². The van der Waals surface area contributed by atoms with E-state index in [4.69, 9.17) is 20.6 Å². The fourth-order valence-corrected chi connectivity index (χ4v) is 6.71. The van der Waals surface area contributed by atoms with E-state index in [0.717, 1.165) is 66.7 Å². The first-order valence-corrected chi connectivity index (χ1v) is 16.8. The number of piperazine rings is 1. The van der Waals surface area contributed by atoms with Crippen LogP contribution in [0.5, 0.6) is 11.5 Å². The topological polar surface area (TPSA) is 126 Å². The average Bonchev–Trinajstić information content (AvgIpc) is 3.56. The van der Waals surface area contributed by atoms with Crippen molar-refractivity contribution in [3.63, 3.8) is 0 Å². The minimum absolute atomic E-state index is 0.211. The number of nitrogens with two attached hydrogens (primary N) is 1. The standard InChI is InChI=1S/C37H43N9O2/c1-44-19-21-45(22-20-44)29-11-13-30(14-12-29)46-36-33(25-41-46)34(38)42-35(43-36)28-9-17-32(18-10-28)48-31-15-7-27(8-16-31)24-40-37(47)39-23-26-5-3-2-4-6-26/h2-10,15-18,25,29-30H,11-14,19-24H2,1H3,(H2,38,42,43)(H2,39,40,47). The lowest BCUT2D eigenvalue weighted by atomic mass is 9.90. The maximum Gasteiger partial charge on any atom is 0.315 e. The highest BCUT2D eigenvalue weighted by molar-refractivity contribution is 5.87. The molecular formula is C37H43N9O2. The summed E-state index contributed by atoms with van der Waals surface area (Å²) in [6, 6.07) is 25.9. The Balaban J connectivity index is 0.945. The highest BCUT2D eigenvalue weighted by Gasteiger charge is 2.30. The fourth-order valence-electron chi connectivity index (χ4n) is 6.71. The molecule has 3 heterocycles. The molecule has 11 nitrogen and oxygen atoms in total. The van der Waals surface area contributed by atoms with Crippen molar-refractivity contribution in [1.29, 1.82) is 0 Å². The van der Waals surface area contributed by atoms with E-state index in [0.29, 0.717) is 48.3 Å². The van der Waals surface area contributed by atoms with Crippen molar-refractivity contribution >= 4 is 22.9 Å². The second-order valence-corrected chi connectivity index (χ2v) is 12.9. The molecule has 0 atom stereocenters. The molecule has 248 valence electrons. The Morgan fingerprint density at radius 3 is 2.06 bits per heavy atom. The Labute approximate surface area is 281 Å². The number of hydrogen-bond acceptors (Lipinski definition) is 8. The Morgan fingerprint density at radius 1 is 0.792 bits per heavy atom. The van der Waals surface area contributed by atoms with Crippen LogP contribution in [0.1, 0.15) is 42.9 Å². The lowest BCUT2D eigenvalue weighted by molar-refractivity contribution is 0.0815. The number of carbonyl (C=O) groups excluding carboxylic acids is 1. The number of aromatic nitrogens is 4. The molecule has 1 saturated heterocycles. The summed E-state index contributed by atoms with van der Waals surface area (Å²) in [4.78, 5) is 26.8. The lowest BCUT2D eigenvalue weighted by Gasteiger charge is -2.41. The third-order valence-corrected chi connectivity index (χ3v) is 9.57. The van der Waals surface area contributed by atoms with E-state index in [1.54, 1.807) is 6.20 Å². The predicted octanol–water partition coefficient (Wildman–Crippen LogP) is 5.60. The van der Waals surface area contributed by atoms with Gasteiger partial charge in [0, 0.05) is 50.9 Å². The zero-order valence-corrected chi connectivity index (χ0v) is 27.4. The summed E-state index contributed by atoms with van der Waals surface area (Å²) < 4.78 is 8.16. The third-order valence-electron chi connectivity index (χ3n) is 9.57. The summed E-state index contributed by atoms with van der Waals surface area (Å²) in [5.41, 5.74) is 10.1. The molecule has 2 aromatic heterocycles. The van der Waals surface area contributed by atoms with Crippen LogP contribution in [0, 0.1) is 0 Å². The molecule has 11 heteroatoms. The van der Waals surface area contributed by atoms with Crippen LogP contribution in [-0.2, 0) is 13.1 Å².